The highest BCUT2D eigenvalue weighted by Gasteiger charge is 2.23. The fraction of sp³-hybridized carbons (Fsp3) is 0.312. The number of benzene rings is 1. The maximum atomic E-state index is 12.9. The van der Waals surface area contributed by atoms with Crippen LogP contribution in [0.25, 0.3) is 0 Å². The fourth-order valence-electron chi connectivity index (χ4n) is 2.62. The van der Waals surface area contributed by atoms with Crippen LogP contribution in [-0.4, -0.2) is 48.5 Å². The molecule has 1 fully saturated rings. The SMILES string of the molecule is O=C(C[NH+]1CCN(c2ncccn2)CC1)c1ccc(F)cc1. The number of rotatable bonds is 4. The first-order chi connectivity index (χ1) is 10.7. The molecule has 1 aliphatic heterocycles. The fourth-order valence-corrected chi connectivity index (χ4v) is 2.62. The van der Waals surface area contributed by atoms with E-state index in [4.69, 9.17) is 0 Å². The molecule has 114 valence electrons. The molecule has 0 unspecified atom stereocenters. The molecule has 5 nitrogen and oxygen atoms in total. The quantitative estimate of drug-likeness (QED) is 0.820. The lowest BCUT2D eigenvalue weighted by molar-refractivity contribution is -0.892. The molecule has 1 aromatic carbocycles. The zero-order valence-corrected chi connectivity index (χ0v) is 12.2. The summed E-state index contributed by atoms with van der Waals surface area (Å²) in [6.07, 6.45) is 3.47. The van der Waals surface area contributed by atoms with E-state index in [9.17, 15) is 9.18 Å². The number of hydrogen-bond acceptors (Lipinski definition) is 4. The molecule has 1 aromatic heterocycles. The van der Waals surface area contributed by atoms with Crippen LogP contribution in [0.2, 0.25) is 0 Å². The number of nitrogens with one attached hydrogen (secondary N) is 1. The van der Waals surface area contributed by atoms with E-state index < -0.39 is 0 Å². The van der Waals surface area contributed by atoms with Crippen LogP contribution in [0, 0.1) is 5.82 Å². The Bertz CT molecular complexity index is 624. The summed E-state index contributed by atoms with van der Waals surface area (Å²) in [5, 5.41) is 0. The summed E-state index contributed by atoms with van der Waals surface area (Å²) in [6, 6.07) is 7.54. The molecule has 22 heavy (non-hydrogen) atoms. The van der Waals surface area contributed by atoms with Gasteiger partial charge in [0.15, 0.2) is 0 Å². The molecule has 0 amide bonds. The van der Waals surface area contributed by atoms with Crippen molar-refractivity contribution >= 4 is 11.7 Å². The topological polar surface area (TPSA) is 50.5 Å². The van der Waals surface area contributed by atoms with Crippen LogP contribution < -0.4 is 9.80 Å². The molecule has 0 spiro atoms. The number of carbonyl (C=O) groups is 1. The van der Waals surface area contributed by atoms with Gasteiger partial charge in [0.1, 0.15) is 12.4 Å². The average molecular weight is 301 g/mol. The molecule has 1 N–H and O–H groups in total. The number of nitrogens with zero attached hydrogens (tertiary/aromatic N) is 3. The molecule has 0 aliphatic carbocycles. The summed E-state index contributed by atoms with van der Waals surface area (Å²) in [7, 11) is 0. The summed E-state index contributed by atoms with van der Waals surface area (Å²) in [5.74, 6) is 0.478. The average Bonchev–Trinajstić information content (AvgIpc) is 2.57. The number of hydrogen-bond donors (Lipinski definition) is 1. The number of anilines is 1. The Balaban J connectivity index is 1.53. The minimum absolute atomic E-state index is 0.0550. The number of Topliss-reactive ketones (excluding diaryl/α,β-unsaturated/α-hetero) is 1. The van der Waals surface area contributed by atoms with Crippen LogP contribution in [0.4, 0.5) is 10.3 Å². The third-order valence-electron chi connectivity index (χ3n) is 3.88. The van der Waals surface area contributed by atoms with Crippen molar-refractivity contribution in [2.45, 2.75) is 0 Å². The van der Waals surface area contributed by atoms with Crippen LogP contribution >= 0.6 is 0 Å². The first-order valence-electron chi connectivity index (χ1n) is 7.37. The van der Waals surface area contributed by atoms with Crippen LogP contribution in [0.3, 0.4) is 0 Å². The number of carbonyl (C=O) groups excluding carboxylic acids is 1. The summed E-state index contributed by atoms with van der Waals surface area (Å²) in [5.41, 5.74) is 0.572. The molecular weight excluding hydrogens is 283 g/mol. The molecule has 1 aliphatic rings. The minimum atomic E-state index is -0.319. The Morgan fingerprint density at radius 2 is 1.77 bits per heavy atom. The summed E-state index contributed by atoms with van der Waals surface area (Å²) in [6.45, 7) is 3.83. The Morgan fingerprint density at radius 3 is 2.41 bits per heavy atom. The van der Waals surface area contributed by atoms with Gasteiger partial charge in [0.2, 0.25) is 11.7 Å². The summed E-state index contributed by atoms with van der Waals surface area (Å²) < 4.78 is 12.9. The highest BCUT2D eigenvalue weighted by Crippen LogP contribution is 2.05. The van der Waals surface area contributed by atoms with Gasteiger partial charge >= 0.3 is 0 Å². The zero-order chi connectivity index (χ0) is 15.4. The minimum Gasteiger partial charge on any atom is -0.330 e. The van der Waals surface area contributed by atoms with E-state index in [1.54, 1.807) is 30.6 Å². The van der Waals surface area contributed by atoms with E-state index in [-0.39, 0.29) is 11.6 Å². The van der Waals surface area contributed by atoms with Crippen molar-refractivity contribution in [2.75, 3.05) is 37.6 Å². The smallest absolute Gasteiger partial charge is 0.225 e. The molecule has 0 atom stereocenters. The number of halogens is 1. The maximum Gasteiger partial charge on any atom is 0.225 e. The van der Waals surface area contributed by atoms with Crippen LogP contribution in [-0.2, 0) is 0 Å². The number of aromatic nitrogens is 2. The Morgan fingerprint density at radius 1 is 1.14 bits per heavy atom. The van der Waals surface area contributed by atoms with Crippen LogP contribution in [0.15, 0.2) is 42.7 Å². The van der Waals surface area contributed by atoms with E-state index in [1.807, 2.05) is 0 Å². The van der Waals surface area contributed by atoms with Gasteiger partial charge in [-0.3, -0.25) is 4.79 Å². The zero-order valence-electron chi connectivity index (χ0n) is 12.2. The number of quaternary nitrogens is 1. The normalized spacial score (nSPS) is 15.8. The second-order valence-corrected chi connectivity index (χ2v) is 5.39. The molecule has 0 bridgehead atoms. The van der Waals surface area contributed by atoms with Crippen molar-refractivity contribution in [1.29, 1.82) is 0 Å². The van der Waals surface area contributed by atoms with Gasteiger partial charge in [-0.05, 0) is 30.3 Å². The van der Waals surface area contributed by atoms with Gasteiger partial charge in [0.05, 0.1) is 26.2 Å². The first kappa shape index (κ1) is 14.6. The van der Waals surface area contributed by atoms with Gasteiger partial charge < -0.3 is 9.80 Å². The summed E-state index contributed by atoms with van der Waals surface area (Å²) in [4.78, 5) is 24.1. The lowest BCUT2D eigenvalue weighted by Crippen LogP contribution is -3.15. The van der Waals surface area contributed by atoms with E-state index in [1.165, 1.54) is 17.0 Å². The van der Waals surface area contributed by atoms with Gasteiger partial charge in [0.25, 0.3) is 0 Å². The lowest BCUT2D eigenvalue weighted by atomic mass is 10.1. The third-order valence-corrected chi connectivity index (χ3v) is 3.88. The van der Waals surface area contributed by atoms with Gasteiger partial charge in [-0.15, -0.1) is 0 Å². The molecular formula is C16H18FN4O+. The molecule has 1 saturated heterocycles. The highest BCUT2D eigenvalue weighted by atomic mass is 19.1. The van der Waals surface area contributed by atoms with Gasteiger partial charge in [-0.1, -0.05) is 0 Å². The molecule has 0 radical (unpaired) electrons. The van der Waals surface area contributed by atoms with Crippen molar-refractivity contribution in [3.8, 4) is 0 Å². The predicted octanol–water partition coefficient (Wildman–Crippen LogP) is 0.204. The van der Waals surface area contributed by atoms with Crippen molar-refractivity contribution in [3.05, 3.63) is 54.1 Å². The maximum absolute atomic E-state index is 12.9. The number of ketones is 1. The standard InChI is InChI=1S/C16H17FN4O/c17-14-4-2-13(3-5-14)15(22)12-20-8-10-21(11-9-20)16-18-6-1-7-19-16/h1-7H,8-12H2/p+1. The van der Waals surface area contributed by atoms with Gasteiger partial charge in [-0.25, -0.2) is 14.4 Å². The van der Waals surface area contributed by atoms with Crippen molar-refractivity contribution in [3.63, 3.8) is 0 Å². The molecule has 6 heteroatoms. The van der Waals surface area contributed by atoms with Crippen LogP contribution in [0.5, 0.6) is 0 Å². The molecule has 2 aromatic rings. The highest BCUT2D eigenvalue weighted by molar-refractivity contribution is 5.96. The Hall–Kier alpha value is -2.34. The second kappa shape index (κ2) is 6.62. The van der Waals surface area contributed by atoms with Crippen molar-refractivity contribution in [2.24, 2.45) is 0 Å². The van der Waals surface area contributed by atoms with Gasteiger partial charge in [0, 0.05) is 18.0 Å². The monoisotopic (exact) mass is 301 g/mol. The van der Waals surface area contributed by atoms with E-state index in [0.29, 0.717) is 12.1 Å². The lowest BCUT2D eigenvalue weighted by Gasteiger charge is -2.31. The second-order valence-electron chi connectivity index (χ2n) is 5.39. The third kappa shape index (κ3) is 3.46. The van der Waals surface area contributed by atoms with E-state index in [2.05, 4.69) is 14.9 Å². The van der Waals surface area contributed by atoms with E-state index >= 15 is 0 Å². The molecule has 0 saturated carbocycles. The largest absolute Gasteiger partial charge is 0.330 e. The van der Waals surface area contributed by atoms with Crippen molar-refractivity contribution < 1.29 is 14.1 Å². The predicted molar refractivity (Wildman–Crippen MR) is 80.5 cm³/mol. The first-order valence-corrected chi connectivity index (χ1v) is 7.37. The summed E-state index contributed by atoms with van der Waals surface area (Å²) >= 11 is 0. The Kier molecular flexibility index (Phi) is 4.39. The molecule has 2 heterocycles. The molecule has 3 rings (SSSR count). The Labute approximate surface area is 128 Å². The van der Waals surface area contributed by atoms with Crippen molar-refractivity contribution in [1.82, 2.24) is 9.97 Å². The van der Waals surface area contributed by atoms with E-state index in [0.717, 1.165) is 32.1 Å². The van der Waals surface area contributed by atoms with Crippen LogP contribution in [0.1, 0.15) is 10.4 Å². The number of piperazine rings is 1. The van der Waals surface area contributed by atoms with Gasteiger partial charge in [-0.2, -0.15) is 0 Å².